The number of nitrogens with zero attached hydrogens (tertiary/aromatic N) is 3. The minimum atomic E-state index is 0.199. The molecule has 6 heteroatoms. The first-order chi connectivity index (χ1) is 14.1. The molecule has 0 aliphatic carbocycles. The molecule has 4 rings (SSSR count). The van der Waals surface area contributed by atoms with Crippen LogP contribution in [0.5, 0.6) is 0 Å². The van der Waals surface area contributed by atoms with Crippen molar-refractivity contribution in [2.24, 2.45) is 0 Å². The Balaban J connectivity index is 1.39. The highest BCUT2D eigenvalue weighted by molar-refractivity contribution is 6.30. The highest BCUT2D eigenvalue weighted by atomic mass is 35.5. The molecule has 1 N–H and O–H groups in total. The summed E-state index contributed by atoms with van der Waals surface area (Å²) in [5.74, 6) is 1.12. The lowest BCUT2D eigenvalue weighted by molar-refractivity contribution is -0.130. The third kappa shape index (κ3) is 4.62. The Kier molecular flexibility index (Phi) is 5.86. The van der Waals surface area contributed by atoms with Crippen LogP contribution in [-0.4, -0.2) is 47.2 Å². The van der Waals surface area contributed by atoms with Gasteiger partial charge in [-0.1, -0.05) is 48.0 Å². The predicted octanol–water partition coefficient (Wildman–Crippen LogP) is 4.32. The van der Waals surface area contributed by atoms with Crippen molar-refractivity contribution in [1.29, 1.82) is 0 Å². The standard InChI is InChI=1S/C23H25ClN4O/c1-17-5-2-3-6-19(17)15-23(29)28-12-4-11-27(13-14-28)22-16-21(25-26-22)18-7-9-20(24)10-8-18/h2-3,5-10,16H,4,11-15H2,1H3,(H,25,26). The average Bonchev–Trinajstić information content (AvgIpc) is 3.08. The molecule has 5 nitrogen and oxygen atoms in total. The third-order valence-corrected chi connectivity index (χ3v) is 5.75. The van der Waals surface area contributed by atoms with E-state index in [9.17, 15) is 4.79 Å². The molecule has 0 atom stereocenters. The Morgan fingerprint density at radius 2 is 1.86 bits per heavy atom. The van der Waals surface area contributed by atoms with E-state index in [2.05, 4.69) is 34.2 Å². The molecule has 2 heterocycles. The third-order valence-electron chi connectivity index (χ3n) is 5.50. The first-order valence-electron chi connectivity index (χ1n) is 9.99. The summed E-state index contributed by atoms with van der Waals surface area (Å²) in [4.78, 5) is 17.0. The van der Waals surface area contributed by atoms with E-state index in [0.29, 0.717) is 13.0 Å². The molecule has 0 saturated carbocycles. The molecular formula is C23H25ClN4O. The summed E-state index contributed by atoms with van der Waals surface area (Å²) in [6.45, 7) is 5.23. The van der Waals surface area contributed by atoms with E-state index in [0.717, 1.165) is 53.7 Å². The number of hydrogen-bond donors (Lipinski definition) is 1. The second kappa shape index (κ2) is 8.70. The van der Waals surface area contributed by atoms with Crippen LogP contribution >= 0.6 is 11.6 Å². The summed E-state index contributed by atoms with van der Waals surface area (Å²) in [5, 5.41) is 8.33. The Morgan fingerprint density at radius 1 is 1.07 bits per heavy atom. The number of aromatic amines is 1. The van der Waals surface area contributed by atoms with E-state index in [1.807, 2.05) is 47.4 Å². The fraction of sp³-hybridized carbons (Fsp3) is 0.304. The minimum Gasteiger partial charge on any atom is -0.353 e. The molecule has 0 radical (unpaired) electrons. The number of rotatable bonds is 4. The molecule has 1 aliphatic rings. The summed E-state index contributed by atoms with van der Waals surface area (Å²) in [7, 11) is 0. The molecule has 0 spiro atoms. The van der Waals surface area contributed by atoms with Gasteiger partial charge in [-0.3, -0.25) is 9.89 Å². The van der Waals surface area contributed by atoms with Crippen molar-refractivity contribution < 1.29 is 4.79 Å². The molecule has 3 aromatic rings. The maximum atomic E-state index is 12.8. The van der Waals surface area contributed by atoms with Crippen molar-refractivity contribution in [2.45, 2.75) is 19.8 Å². The average molecular weight is 409 g/mol. The van der Waals surface area contributed by atoms with E-state index in [1.165, 1.54) is 5.56 Å². The monoisotopic (exact) mass is 408 g/mol. The fourth-order valence-electron chi connectivity index (χ4n) is 3.73. The topological polar surface area (TPSA) is 52.2 Å². The summed E-state index contributed by atoms with van der Waals surface area (Å²) in [6, 6.07) is 17.9. The van der Waals surface area contributed by atoms with Crippen molar-refractivity contribution in [3.05, 3.63) is 70.7 Å². The van der Waals surface area contributed by atoms with Crippen LogP contribution in [0.4, 0.5) is 5.82 Å². The van der Waals surface area contributed by atoms with Gasteiger partial charge in [0.15, 0.2) is 5.82 Å². The number of anilines is 1. The van der Waals surface area contributed by atoms with Gasteiger partial charge in [-0.05, 0) is 42.2 Å². The zero-order valence-electron chi connectivity index (χ0n) is 16.6. The maximum absolute atomic E-state index is 12.8. The van der Waals surface area contributed by atoms with Crippen molar-refractivity contribution in [2.75, 3.05) is 31.1 Å². The van der Waals surface area contributed by atoms with Crippen LogP contribution in [0.2, 0.25) is 5.02 Å². The van der Waals surface area contributed by atoms with Crippen molar-refractivity contribution in [3.63, 3.8) is 0 Å². The number of hydrogen-bond acceptors (Lipinski definition) is 3. The van der Waals surface area contributed by atoms with Gasteiger partial charge in [0.25, 0.3) is 0 Å². The van der Waals surface area contributed by atoms with E-state index in [1.54, 1.807) is 0 Å². The molecule has 1 aromatic heterocycles. The summed E-state index contributed by atoms with van der Waals surface area (Å²) < 4.78 is 0. The van der Waals surface area contributed by atoms with Gasteiger partial charge < -0.3 is 9.80 Å². The zero-order valence-corrected chi connectivity index (χ0v) is 17.3. The van der Waals surface area contributed by atoms with Crippen LogP contribution in [0.25, 0.3) is 11.3 Å². The second-order valence-corrected chi connectivity index (χ2v) is 7.91. The molecule has 2 aromatic carbocycles. The van der Waals surface area contributed by atoms with Crippen LogP contribution in [-0.2, 0) is 11.2 Å². The summed E-state index contributed by atoms with van der Waals surface area (Å²) >= 11 is 5.98. The van der Waals surface area contributed by atoms with Gasteiger partial charge in [0.1, 0.15) is 0 Å². The van der Waals surface area contributed by atoms with Gasteiger partial charge >= 0.3 is 0 Å². The van der Waals surface area contributed by atoms with E-state index < -0.39 is 0 Å². The minimum absolute atomic E-state index is 0.199. The van der Waals surface area contributed by atoms with Crippen molar-refractivity contribution in [1.82, 2.24) is 15.1 Å². The Bertz CT molecular complexity index is 983. The van der Waals surface area contributed by atoms with Crippen molar-refractivity contribution in [3.8, 4) is 11.3 Å². The lowest BCUT2D eigenvalue weighted by Gasteiger charge is -2.22. The number of aromatic nitrogens is 2. The number of carbonyl (C=O) groups excluding carboxylic acids is 1. The van der Waals surface area contributed by atoms with Gasteiger partial charge in [-0.2, -0.15) is 5.10 Å². The van der Waals surface area contributed by atoms with Crippen molar-refractivity contribution >= 4 is 23.3 Å². The number of H-pyrrole nitrogens is 1. The number of halogens is 1. The maximum Gasteiger partial charge on any atom is 0.227 e. The highest BCUT2D eigenvalue weighted by Gasteiger charge is 2.21. The van der Waals surface area contributed by atoms with Crippen LogP contribution < -0.4 is 4.90 Å². The highest BCUT2D eigenvalue weighted by Crippen LogP contribution is 2.24. The first kappa shape index (κ1) is 19.5. The summed E-state index contributed by atoms with van der Waals surface area (Å²) in [6.07, 6.45) is 1.40. The van der Waals surface area contributed by atoms with Gasteiger partial charge in [-0.15, -0.1) is 0 Å². The second-order valence-electron chi connectivity index (χ2n) is 7.47. The first-order valence-corrected chi connectivity index (χ1v) is 10.4. The van der Waals surface area contributed by atoms with E-state index in [-0.39, 0.29) is 5.91 Å². The van der Waals surface area contributed by atoms with Crippen LogP contribution in [0.15, 0.2) is 54.6 Å². The number of amides is 1. The number of nitrogens with one attached hydrogen (secondary N) is 1. The van der Waals surface area contributed by atoms with Gasteiger partial charge in [0.05, 0.1) is 12.1 Å². The Labute approximate surface area is 176 Å². The number of carbonyl (C=O) groups is 1. The van der Waals surface area contributed by atoms with E-state index in [4.69, 9.17) is 11.6 Å². The quantitative estimate of drug-likeness (QED) is 0.699. The van der Waals surface area contributed by atoms with Gasteiger partial charge in [0, 0.05) is 37.3 Å². The lowest BCUT2D eigenvalue weighted by atomic mass is 10.1. The number of aryl methyl sites for hydroxylation is 1. The summed E-state index contributed by atoms with van der Waals surface area (Å²) in [5.41, 5.74) is 4.30. The Morgan fingerprint density at radius 3 is 2.66 bits per heavy atom. The largest absolute Gasteiger partial charge is 0.353 e. The lowest BCUT2D eigenvalue weighted by Crippen LogP contribution is -2.36. The smallest absolute Gasteiger partial charge is 0.227 e. The number of benzene rings is 2. The molecule has 1 aliphatic heterocycles. The predicted molar refractivity (Wildman–Crippen MR) is 117 cm³/mol. The van der Waals surface area contributed by atoms with Gasteiger partial charge in [0.2, 0.25) is 5.91 Å². The molecule has 1 fully saturated rings. The van der Waals surface area contributed by atoms with Gasteiger partial charge in [-0.25, -0.2) is 0 Å². The normalized spacial score (nSPS) is 14.7. The molecule has 150 valence electrons. The van der Waals surface area contributed by atoms with Crippen LogP contribution in [0.1, 0.15) is 17.5 Å². The Hall–Kier alpha value is -2.79. The zero-order chi connectivity index (χ0) is 20.2. The molecule has 29 heavy (non-hydrogen) atoms. The van der Waals surface area contributed by atoms with E-state index >= 15 is 0 Å². The van der Waals surface area contributed by atoms with Crippen LogP contribution in [0.3, 0.4) is 0 Å². The molecule has 1 saturated heterocycles. The van der Waals surface area contributed by atoms with Crippen LogP contribution in [0, 0.1) is 6.92 Å². The molecule has 1 amide bonds. The molecule has 0 unspecified atom stereocenters. The molecular weight excluding hydrogens is 384 g/mol. The molecule has 0 bridgehead atoms. The fourth-order valence-corrected chi connectivity index (χ4v) is 3.86. The SMILES string of the molecule is Cc1ccccc1CC(=O)N1CCCN(c2cc(-c3ccc(Cl)cc3)[nH]n2)CC1.